The summed E-state index contributed by atoms with van der Waals surface area (Å²) in [5.41, 5.74) is -0.599. The second-order valence-electron chi connectivity index (χ2n) is 5.42. The summed E-state index contributed by atoms with van der Waals surface area (Å²) in [7, 11) is 0. The Morgan fingerprint density at radius 1 is 1.15 bits per heavy atom. The van der Waals surface area contributed by atoms with Crippen molar-refractivity contribution in [2.24, 2.45) is 0 Å². The van der Waals surface area contributed by atoms with E-state index in [0.29, 0.717) is 19.5 Å². The van der Waals surface area contributed by atoms with Crippen molar-refractivity contribution >= 4 is 5.69 Å². The Kier molecular flexibility index (Phi) is 4.52. The number of piperidine rings is 1. The first-order valence-electron chi connectivity index (χ1n) is 6.74. The summed E-state index contributed by atoms with van der Waals surface area (Å²) in [6, 6.07) is 0.523. The Morgan fingerprint density at radius 2 is 1.75 bits per heavy atom. The Labute approximate surface area is 115 Å². The van der Waals surface area contributed by atoms with Crippen molar-refractivity contribution in [2.45, 2.75) is 38.8 Å². The highest BCUT2D eigenvalue weighted by Crippen LogP contribution is 2.30. The minimum Gasteiger partial charge on any atom is -0.365 e. The fourth-order valence-corrected chi connectivity index (χ4v) is 2.63. The number of nitrogens with zero attached hydrogens (tertiary/aromatic N) is 1. The van der Waals surface area contributed by atoms with Crippen LogP contribution in [0.1, 0.15) is 26.7 Å². The van der Waals surface area contributed by atoms with Gasteiger partial charge in [0.05, 0.1) is 0 Å². The molecule has 2 rings (SSSR count). The SMILES string of the molecule is CC(C)NC1CCCN(c2c(F)c(F)cc(F)c2F)C1. The molecule has 0 aromatic heterocycles. The van der Waals surface area contributed by atoms with Crippen LogP contribution in [0.5, 0.6) is 0 Å². The van der Waals surface area contributed by atoms with Crippen LogP contribution in [0.4, 0.5) is 23.2 Å². The first-order chi connectivity index (χ1) is 9.40. The molecule has 1 saturated heterocycles. The molecule has 0 saturated carbocycles. The molecule has 1 N–H and O–H groups in total. The van der Waals surface area contributed by atoms with Gasteiger partial charge in [-0.3, -0.25) is 0 Å². The molecule has 0 radical (unpaired) electrons. The number of rotatable bonds is 3. The summed E-state index contributed by atoms with van der Waals surface area (Å²) >= 11 is 0. The number of anilines is 1. The van der Waals surface area contributed by atoms with Gasteiger partial charge in [0.25, 0.3) is 0 Å². The third kappa shape index (κ3) is 3.06. The largest absolute Gasteiger partial charge is 0.365 e. The highest BCUT2D eigenvalue weighted by molar-refractivity contribution is 5.50. The highest BCUT2D eigenvalue weighted by Gasteiger charge is 2.28. The van der Waals surface area contributed by atoms with E-state index in [1.54, 1.807) is 0 Å². The van der Waals surface area contributed by atoms with Crippen molar-refractivity contribution in [3.05, 3.63) is 29.3 Å². The fourth-order valence-electron chi connectivity index (χ4n) is 2.63. The van der Waals surface area contributed by atoms with E-state index in [-0.39, 0.29) is 18.2 Å². The van der Waals surface area contributed by atoms with Gasteiger partial charge in [-0.15, -0.1) is 0 Å². The summed E-state index contributed by atoms with van der Waals surface area (Å²) in [6.45, 7) is 4.66. The molecule has 1 fully saturated rings. The van der Waals surface area contributed by atoms with E-state index in [9.17, 15) is 17.6 Å². The van der Waals surface area contributed by atoms with Crippen LogP contribution in [0, 0.1) is 23.3 Å². The van der Waals surface area contributed by atoms with Gasteiger partial charge >= 0.3 is 0 Å². The number of benzene rings is 1. The van der Waals surface area contributed by atoms with E-state index in [4.69, 9.17) is 0 Å². The Morgan fingerprint density at radius 3 is 2.30 bits per heavy atom. The maximum atomic E-state index is 13.8. The second-order valence-corrected chi connectivity index (χ2v) is 5.42. The molecule has 1 atom stereocenters. The lowest BCUT2D eigenvalue weighted by Crippen LogP contribution is -2.48. The van der Waals surface area contributed by atoms with E-state index in [0.717, 1.165) is 6.42 Å². The average molecular weight is 290 g/mol. The zero-order valence-electron chi connectivity index (χ0n) is 11.5. The van der Waals surface area contributed by atoms with Crippen LogP contribution in [0.3, 0.4) is 0 Å². The van der Waals surface area contributed by atoms with Crippen LogP contribution in [0.2, 0.25) is 0 Å². The van der Waals surface area contributed by atoms with E-state index < -0.39 is 29.0 Å². The molecule has 1 heterocycles. The Hall–Kier alpha value is -1.30. The summed E-state index contributed by atoms with van der Waals surface area (Å²) < 4.78 is 54.1. The van der Waals surface area contributed by atoms with Crippen molar-refractivity contribution in [1.29, 1.82) is 0 Å². The predicted molar refractivity (Wildman–Crippen MR) is 69.8 cm³/mol. The average Bonchev–Trinajstić information content (AvgIpc) is 2.36. The van der Waals surface area contributed by atoms with Crippen LogP contribution in [-0.4, -0.2) is 25.2 Å². The maximum absolute atomic E-state index is 13.8. The van der Waals surface area contributed by atoms with E-state index in [2.05, 4.69) is 5.32 Å². The number of hydrogen-bond donors (Lipinski definition) is 1. The first kappa shape index (κ1) is 15.1. The number of halogens is 4. The summed E-state index contributed by atoms with van der Waals surface area (Å²) in [5, 5.41) is 3.28. The van der Waals surface area contributed by atoms with E-state index in [1.165, 1.54) is 4.90 Å². The van der Waals surface area contributed by atoms with E-state index in [1.807, 2.05) is 13.8 Å². The maximum Gasteiger partial charge on any atom is 0.185 e. The highest BCUT2D eigenvalue weighted by atomic mass is 19.2. The number of hydrogen-bond acceptors (Lipinski definition) is 2. The Bertz CT molecular complexity index is 464. The molecule has 0 spiro atoms. The lowest BCUT2D eigenvalue weighted by molar-refractivity contribution is 0.384. The van der Waals surface area contributed by atoms with Crippen LogP contribution in [0.15, 0.2) is 6.07 Å². The molecule has 1 aliphatic rings. The monoisotopic (exact) mass is 290 g/mol. The predicted octanol–water partition coefficient (Wildman–Crippen LogP) is 3.21. The van der Waals surface area contributed by atoms with Gasteiger partial charge in [-0.25, -0.2) is 17.6 Å². The molecule has 1 aromatic rings. The van der Waals surface area contributed by atoms with Gasteiger partial charge in [0, 0.05) is 31.2 Å². The third-order valence-corrected chi connectivity index (χ3v) is 3.40. The molecule has 0 aliphatic carbocycles. The lowest BCUT2D eigenvalue weighted by Gasteiger charge is -2.36. The van der Waals surface area contributed by atoms with Gasteiger partial charge in [-0.05, 0) is 12.8 Å². The quantitative estimate of drug-likeness (QED) is 0.679. The molecule has 1 unspecified atom stereocenters. The fraction of sp³-hybridized carbons (Fsp3) is 0.571. The van der Waals surface area contributed by atoms with Gasteiger partial charge in [0.1, 0.15) is 5.69 Å². The Balaban J connectivity index is 2.27. The van der Waals surface area contributed by atoms with Crippen LogP contribution >= 0.6 is 0 Å². The smallest absolute Gasteiger partial charge is 0.185 e. The second kappa shape index (κ2) is 5.99. The minimum absolute atomic E-state index is 0.0499. The zero-order chi connectivity index (χ0) is 14.9. The van der Waals surface area contributed by atoms with Crippen molar-refractivity contribution < 1.29 is 17.6 Å². The van der Waals surface area contributed by atoms with Crippen LogP contribution in [-0.2, 0) is 0 Å². The molecule has 20 heavy (non-hydrogen) atoms. The summed E-state index contributed by atoms with van der Waals surface area (Å²) in [4.78, 5) is 1.38. The molecule has 2 nitrogen and oxygen atoms in total. The normalized spacial score (nSPS) is 19.8. The topological polar surface area (TPSA) is 15.3 Å². The van der Waals surface area contributed by atoms with Crippen molar-refractivity contribution in [3.8, 4) is 0 Å². The first-order valence-corrected chi connectivity index (χ1v) is 6.74. The van der Waals surface area contributed by atoms with Gasteiger partial charge in [-0.2, -0.15) is 0 Å². The van der Waals surface area contributed by atoms with Crippen molar-refractivity contribution in [3.63, 3.8) is 0 Å². The van der Waals surface area contributed by atoms with Gasteiger partial charge in [0.15, 0.2) is 23.3 Å². The van der Waals surface area contributed by atoms with Gasteiger partial charge in [-0.1, -0.05) is 13.8 Å². The lowest BCUT2D eigenvalue weighted by atomic mass is 10.0. The van der Waals surface area contributed by atoms with Crippen molar-refractivity contribution in [2.75, 3.05) is 18.0 Å². The number of nitrogens with one attached hydrogen (secondary N) is 1. The summed E-state index contributed by atoms with van der Waals surface area (Å²) in [6.07, 6.45) is 1.58. The molecule has 1 aliphatic heterocycles. The molecule has 1 aromatic carbocycles. The standard InChI is InChI=1S/C14H18F4N2/c1-8(2)19-9-4-3-5-20(7-9)14-12(17)10(15)6-11(16)13(14)18/h6,8-9,19H,3-5,7H2,1-2H3. The zero-order valence-corrected chi connectivity index (χ0v) is 11.5. The molecule has 0 bridgehead atoms. The minimum atomic E-state index is -1.36. The van der Waals surface area contributed by atoms with Gasteiger partial charge in [0.2, 0.25) is 0 Å². The third-order valence-electron chi connectivity index (χ3n) is 3.40. The molecule has 0 amide bonds. The van der Waals surface area contributed by atoms with Crippen molar-refractivity contribution in [1.82, 2.24) is 5.32 Å². The van der Waals surface area contributed by atoms with Gasteiger partial charge < -0.3 is 10.2 Å². The molecular weight excluding hydrogens is 272 g/mol. The van der Waals surface area contributed by atoms with Crippen LogP contribution in [0.25, 0.3) is 0 Å². The van der Waals surface area contributed by atoms with Crippen LogP contribution < -0.4 is 10.2 Å². The molecule has 112 valence electrons. The van der Waals surface area contributed by atoms with E-state index >= 15 is 0 Å². The molecule has 6 heteroatoms. The summed E-state index contributed by atoms with van der Waals surface area (Å²) in [5.74, 6) is -5.38. The molecular formula is C14H18F4N2.